The molecular weight excluding hydrogens is 380 g/mol. The van der Waals surface area contributed by atoms with Gasteiger partial charge in [0, 0.05) is 23.9 Å². The number of esters is 1. The first-order valence-corrected chi connectivity index (χ1v) is 9.59. The normalized spacial score (nSPS) is 16.6. The number of allylic oxidation sites excluding steroid dienone is 1. The fourth-order valence-electron chi connectivity index (χ4n) is 3.26. The molecule has 1 aliphatic rings. The summed E-state index contributed by atoms with van der Waals surface area (Å²) in [4.78, 5) is 14.8. The molecule has 1 atom stereocenters. The molecule has 8 heteroatoms. The number of nitrogens with zero attached hydrogens (tertiary/aromatic N) is 1. The van der Waals surface area contributed by atoms with Crippen molar-refractivity contribution >= 4 is 23.3 Å². The maximum absolute atomic E-state index is 12.8. The molecule has 0 aliphatic carbocycles. The van der Waals surface area contributed by atoms with E-state index >= 15 is 0 Å². The van der Waals surface area contributed by atoms with Crippen molar-refractivity contribution in [3.63, 3.8) is 0 Å². The molecule has 0 spiro atoms. The molecule has 1 aromatic rings. The van der Waals surface area contributed by atoms with E-state index in [1.54, 1.807) is 40.4 Å². The molecule has 0 radical (unpaired) electrons. The summed E-state index contributed by atoms with van der Waals surface area (Å²) in [6, 6.07) is 2.99. The molecule has 1 unspecified atom stereocenters. The Morgan fingerprint density at radius 1 is 1.11 bits per heavy atom. The lowest BCUT2D eigenvalue weighted by atomic mass is 9.93. The van der Waals surface area contributed by atoms with Gasteiger partial charge in [0.05, 0.1) is 39.6 Å². The van der Waals surface area contributed by atoms with Crippen LogP contribution in [0.3, 0.4) is 0 Å². The maximum atomic E-state index is 12.8. The highest BCUT2D eigenvalue weighted by atomic mass is 32.1. The number of nitrogens with one attached hydrogen (secondary N) is 1. The average molecular weight is 409 g/mol. The first-order valence-electron chi connectivity index (χ1n) is 9.19. The van der Waals surface area contributed by atoms with E-state index in [4.69, 9.17) is 31.2 Å². The molecule has 0 saturated carbocycles. The summed E-state index contributed by atoms with van der Waals surface area (Å²) in [7, 11) is 4.68. The van der Waals surface area contributed by atoms with Gasteiger partial charge in [0.2, 0.25) is 0 Å². The van der Waals surface area contributed by atoms with Gasteiger partial charge in [0.1, 0.15) is 5.75 Å². The number of hydrogen-bond acceptors (Lipinski definition) is 6. The second kappa shape index (κ2) is 9.64. The molecule has 7 nitrogen and oxygen atoms in total. The van der Waals surface area contributed by atoms with Crippen LogP contribution in [-0.2, 0) is 9.53 Å². The third-order valence-corrected chi connectivity index (χ3v) is 4.92. The molecular formula is C20H28N2O5S. The lowest BCUT2D eigenvalue weighted by Crippen LogP contribution is -2.48. The molecule has 1 aliphatic heterocycles. The Balaban J connectivity index is 2.67. The van der Waals surface area contributed by atoms with Crippen molar-refractivity contribution in [3.05, 3.63) is 29.0 Å². The standard InChI is InChI=1S/C20H28N2O5S/c1-7-9-22-12(3)17(19(23)27-8-2)18(21-20(22)28)13-10-15(25-5)16(26-6)11-14(13)24-4/h10-11,18H,7-9H2,1-6H3,(H,21,28). The summed E-state index contributed by atoms with van der Waals surface area (Å²) in [6.07, 6.45) is 0.889. The van der Waals surface area contributed by atoms with E-state index in [9.17, 15) is 4.79 Å². The minimum absolute atomic E-state index is 0.281. The lowest BCUT2D eigenvalue weighted by molar-refractivity contribution is -0.139. The van der Waals surface area contributed by atoms with Crippen molar-refractivity contribution in [2.75, 3.05) is 34.5 Å². The third kappa shape index (κ3) is 4.16. The highest BCUT2D eigenvalue weighted by molar-refractivity contribution is 7.80. The molecule has 0 amide bonds. The van der Waals surface area contributed by atoms with Gasteiger partial charge in [-0.25, -0.2) is 4.79 Å². The molecule has 1 aromatic carbocycles. The van der Waals surface area contributed by atoms with E-state index in [1.165, 1.54) is 0 Å². The lowest BCUT2D eigenvalue weighted by Gasteiger charge is -2.37. The van der Waals surface area contributed by atoms with Crippen LogP contribution in [-0.4, -0.2) is 50.5 Å². The topological polar surface area (TPSA) is 69.3 Å². The molecule has 0 aromatic heterocycles. The van der Waals surface area contributed by atoms with Gasteiger partial charge in [-0.05, 0) is 38.6 Å². The number of rotatable bonds is 8. The zero-order valence-corrected chi connectivity index (χ0v) is 18.1. The average Bonchev–Trinajstić information content (AvgIpc) is 2.69. The van der Waals surface area contributed by atoms with Crippen LogP contribution < -0.4 is 19.5 Å². The van der Waals surface area contributed by atoms with Crippen molar-refractivity contribution in [1.29, 1.82) is 0 Å². The van der Waals surface area contributed by atoms with Crippen LogP contribution in [0.15, 0.2) is 23.4 Å². The first-order chi connectivity index (χ1) is 13.4. The molecule has 1 heterocycles. The van der Waals surface area contributed by atoms with E-state index in [0.29, 0.717) is 40.0 Å². The quantitative estimate of drug-likeness (QED) is 0.520. The van der Waals surface area contributed by atoms with Crippen LogP contribution in [0, 0.1) is 0 Å². The van der Waals surface area contributed by atoms with Crippen LogP contribution in [0.25, 0.3) is 0 Å². The monoisotopic (exact) mass is 408 g/mol. The predicted molar refractivity (Wildman–Crippen MR) is 111 cm³/mol. The van der Waals surface area contributed by atoms with Gasteiger partial charge < -0.3 is 29.2 Å². The van der Waals surface area contributed by atoms with Gasteiger partial charge >= 0.3 is 5.97 Å². The van der Waals surface area contributed by atoms with E-state index in [-0.39, 0.29) is 6.61 Å². The molecule has 28 heavy (non-hydrogen) atoms. The summed E-state index contributed by atoms with van der Waals surface area (Å²) in [5.41, 5.74) is 1.97. The Bertz CT molecular complexity index is 778. The van der Waals surface area contributed by atoms with E-state index < -0.39 is 12.0 Å². The van der Waals surface area contributed by atoms with E-state index in [2.05, 4.69) is 12.2 Å². The van der Waals surface area contributed by atoms with Gasteiger partial charge in [-0.15, -0.1) is 0 Å². The van der Waals surface area contributed by atoms with Crippen molar-refractivity contribution in [2.24, 2.45) is 0 Å². The van der Waals surface area contributed by atoms with E-state index in [1.807, 2.05) is 11.8 Å². The molecule has 154 valence electrons. The predicted octanol–water partition coefficient (Wildman–Crippen LogP) is 3.19. The zero-order valence-electron chi connectivity index (χ0n) is 17.3. The van der Waals surface area contributed by atoms with Crippen molar-refractivity contribution in [2.45, 2.75) is 33.2 Å². The van der Waals surface area contributed by atoms with Crippen LogP contribution in [0.5, 0.6) is 17.2 Å². The number of hydrogen-bond donors (Lipinski definition) is 1. The van der Waals surface area contributed by atoms with Gasteiger partial charge in [-0.1, -0.05) is 6.92 Å². The molecule has 2 rings (SSSR count). The van der Waals surface area contributed by atoms with Crippen molar-refractivity contribution < 1.29 is 23.7 Å². The number of thiocarbonyl (C=S) groups is 1. The molecule has 0 bridgehead atoms. The molecule has 0 saturated heterocycles. The summed E-state index contributed by atoms with van der Waals surface area (Å²) < 4.78 is 21.7. The second-order valence-electron chi connectivity index (χ2n) is 6.20. The van der Waals surface area contributed by atoms with Gasteiger partial charge in [0.15, 0.2) is 16.6 Å². The minimum Gasteiger partial charge on any atom is -0.496 e. The van der Waals surface area contributed by atoms with E-state index in [0.717, 1.165) is 12.1 Å². The maximum Gasteiger partial charge on any atom is 0.338 e. The van der Waals surface area contributed by atoms with Crippen molar-refractivity contribution in [1.82, 2.24) is 10.2 Å². The number of methoxy groups -OCH3 is 3. The van der Waals surface area contributed by atoms with Gasteiger partial charge in [-0.3, -0.25) is 0 Å². The summed E-state index contributed by atoms with van der Waals surface area (Å²) in [5, 5.41) is 3.82. The fraction of sp³-hybridized carbons (Fsp3) is 0.500. The molecule has 0 fully saturated rings. The van der Waals surface area contributed by atoms with Gasteiger partial charge in [0.25, 0.3) is 0 Å². The summed E-state index contributed by atoms with van der Waals surface area (Å²) in [6.45, 7) is 6.71. The smallest absolute Gasteiger partial charge is 0.338 e. The Labute approximate surface area is 171 Å². The van der Waals surface area contributed by atoms with Crippen LogP contribution in [0.1, 0.15) is 38.8 Å². The first kappa shape index (κ1) is 21.8. The summed E-state index contributed by atoms with van der Waals surface area (Å²) in [5.74, 6) is 1.23. The van der Waals surface area contributed by atoms with Crippen LogP contribution in [0.2, 0.25) is 0 Å². The Morgan fingerprint density at radius 2 is 1.71 bits per heavy atom. The highest BCUT2D eigenvalue weighted by Gasteiger charge is 2.36. The number of carbonyl (C=O) groups excluding carboxylic acids is 1. The third-order valence-electron chi connectivity index (χ3n) is 4.59. The Kier molecular flexibility index (Phi) is 7.51. The zero-order chi connectivity index (χ0) is 20.8. The Morgan fingerprint density at radius 3 is 2.25 bits per heavy atom. The second-order valence-corrected chi connectivity index (χ2v) is 6.59. The Hall–Kier alpha value is -2.48. The van der Waals surface area contributed by atoms with Crippen LogP contribution >= 0.6 is 12.2 Å². The minimum atomic E-state index is -0.533. The van der Waals surface area contributed by atoms with Gasteiger partial charge in [-0.2, -0.15) is 0 Å². The van der Waals surface area contributed by atoms with Crippen molar-refractivity contribution in [3.8, 4) is 17.2 Å². The number of benzene rings is 1. The number of carbonyl (C=O) groups is 1. The highest BCUT2D eigenvalue weighted by Crippen LogP contribution is 2.41. The largest absolute Gasteiger partial charge is 0.496 e. The molecule has 1 N–H and O–H groups in total. The SMILES string of the molecule is CCCN1C(=S)NC(c2cc(OC)c(OC)cc2OC)C(C(=O)OCC)=C1C. The van der Waals surface area contributed by atoms with Crippen LogP contribution in [0.4, 0.5) is 0 Å². The fourth-order valence-corrected chi connectivity index (χ4v) is 3.61. The number of ether oxygens (including phenoxy) is 4. The summed E-state index contributed by atoms with van der Waals surface area (Å²) >= 11 is 5.57.